The van der Waals surface area contributed by atoms with Crippen molar-refractivity contribution in [3.63, 3.8) is 0 Å². The molecule has 2 fully saturated rings. The van der Waals surface area contributed by atoms with Crippen LogP contribution in [0, 0.1) is 0 Å². The van der Waals surface area contributed by atoms with E-state index in [2.05, 4.69) is 22.0 Å². The highest BCUT2D eigenvalue weighted by atomic mass is 32.1. The highest BCUT2D eigenvalue weighted by Gasteiger charge is 2.30. The summed E-state index contributed by atoms with van der Waals surface area (Å²) >= 11 is 1.71. The molecule has 2 aromatic heterocycles. The van der Waals surface area contributed by atoms with E-state index in [4.69, 9.17) is 5.10 Å². The highest BCUT2D eigenvalue weighted by Crippen LogP contribution is 2.39. The summed E-state index contributed by atoms with van der Waals surface area (Å²) in [7, 11) is 0. The van der Waals surface area contributed by atoms with E-state index in [9.17, 15) is 0 Å². The van der Waals surface area contributed by atoms with Crippen LogP contribution in [-0.2, 0) is 6.42 Å². The standard InChI is InChI=1S/C14H21N5S/c1-10(18-8-2-3-9-18)4-7-12-17-19-13(11-5-6-11)15-16-14(19)20-12/h10-11H,2-9H2,1H3/t10-/m1/s1. The van der Waals surface area contributed by atoms with Crippen LogP contribution in [0.3, 0.4) is 0 Å². The monoisotopic (exact) mass is 291 g/mol. The van der Waals surface area contributed by atoms with Crippen LogP contribution in [0.2, 0.25) is 0 Å². The van der Waals surface area contributed by atoms with E-state index in [0.29, 0.717) is 12.0 Å². The first-order valence-electron chi connectivity index (χ1n) is 7.76. The fraction of sp³-hybridized carbons (Fsp3) is 0.786. The molecule has 0 radical (unpaired) electrons. The van der Waals surface area contributed by atoms with E-state index in [1.54, 1.807) is 11.3 Å². The Labute approximate surface area is 123 Å². The normalized spacial score (nSPS) is 21.9. The molecule has 0 unspecified atom stereocenters. The molecule has 4 rings (SSSR count). The van der Waals surface area contributed by atoms with Gasteiger partial charge >= 0.3 is 0 Å². The third kappa shape index (κ3) is 2.35. The van der Waals surface area contributed by atoms with Crippen molar-refractivity contribution >= 4 is 16.3 Å². The summed E-state index contributed by atoms with van der Waals surface area (Å²) in [5, 5.41) is 14.5. The van der Waals surface area contributed by atoms with Crippen LogP contribution in [-0.4, -0.2) is 43.8 Å². The number of aromatic nitrogens is 4. The average molecular weight is 291 g/mol. The summed E-state index contributed by atoms with van der Waals surface area (Å²) in [6, 6.07) is 0.676. The average Bonchev–Trinajstić information content (AvgIpc) is 2.91. The fourth-order valence-electron chi connectivity index (χ4n) is 3.07. The van der Waals surface area contributed by atoms with Gasteiger partial charge in [0.15, 0.2) is 5.82 Å². The molecule has 6 heteroatoms. The molecule has 3 heterocycles. The van der Waals surface area contributed by atoms with Gasteiger partial charge in [-0.1, -0.05) is 11.3 Å². The van der Waals surface area contributed by atoms with E-state index in [1.807, 2.05) is 4.52 Å². The Morgan fingerprint density at radius 1 is 1.25 bits per heavy atom. The van der Waals surface area contributed by atoms with E-state index >= 15 is 0 Å². The molecule has 1 aliphatic heterocycles. The lowest BCUT2D eigenvalue weighted by Crippen LogP contribution is -2.30. The third-order valence-electron chi connectivity index (χ3n) is 4.54. The summed E-state index contributed by atoms with van der Waals surface area (Å²) < 4.78 is 1.98. The topological polar surface area (TPSA) is 46.3 Å². The van der Waals surface area contributed by atoms with Crippen molar-refractivity contribution in [2.24, 2.45) is 0 Å². The summed E-state index contributed by atoms with van der Waals surface area (Å²) in [5.74, 6) is 1.69. The van der Waals surface area contributed by atoms with Crippen LogP contribution in [0.15, 0.2) is 0 Å². The number of likely N-dealkylation sites (tertiary alicyclic amines) is 1. The Morgan fingerprint density at radius 2 is 2.05 bits per heavy atom. The van der Waals surface area contributed by atoms with E-state index in [0.717, 1.165) is 17.2 Å². The zero-order chi connectivity index (χ0) is 13.5. The Balaban J connectivity index is 1.43. The minimum Gasteiger partial charge on any atom is -0.301 e. The molecule has 20 heavy (non-hydrogen) atoms. The number of nitrogens with zero attached hydrogens (tertiary/aromatic N) is 5. The second-order valence-corrected chi connectivity index (χ2v) is 7.19. The van der Waals surface area contributed by atoms with E-state index in [1.165, 1.54) is 50.2 Å². The molecular formula is C14H21N5S. The zero-order valence-electron chi connectivity index (χ0n) is 12.0. The van der Waals surface area contributed by atoms with Gasteiger partial charge in [0.25, 0.3) is 0 Å². The van der Waals surface area contributed by atoms with Gasteiger partial charge in [-0.3, -0.25) is 0 Å². The predicted octanol–water partition coefficient (Wildman–Crippen LogP) is 2.48. The lowest BCUT2D eigenvalue weighted by Gasteiger charge is -2.22. The maximum atomic E-state index is 4.72. The van der Waals surface area contributed by atoms with E-state index in [-0.39, 0.29) is 0 Å². The van der Waals surface area contributed by atoms with Gasteiger partial charge in [-0.05, 0) is 52.1 Å². The first-order valence-corrected chi connectivity index (χ1v) is 8.58. The molecule has 1 aliphatic carbocycles. The van der Waals surface area contributed by atoms with E-state index < -0.39 is 0 Å². The first kappa shape index (κ1) is 12.7. The molecule has 0 spiro atoms. The molecule has 0 N–H and O–H groups in total. The number of fused-ring (bicyclic) bond motifs is 1. The van der Waals surface area contributed by atoms with Gasteiger partial charge in [-0.2, -0.15) is 9.61 Å². The summed E-state index contributed by atoms with van der Waals surface area (Å²) in [4.78, 5) is 3.58. The van der Waals surface area contributed by atoms with Gasteiger partial charge in [0.1, 0.15) is 5.01 Å². The van der Waals surface area contributed by atoms with Gasteiger partial charge in [-0.15, -0.1) is 10.2 Å². The van der Waals surface area contributed by atoms with Gasteiger partial charge < -0.3 is 4.90 Å². The number of rotatable bonds is 5. The van der Waals surface area contributed by atoms with Crippen molar-refractivity contribution in [2.45, 2.75) is 57.4 Å². The molecular weight excluding hydrogens is 270 g/mol. The molecule has 1 saturated heterocycles. The minimum atomic E-state index is 0.614. The predicted molar refractivity (Wildman–Crippen MR) is 79.2 cm³/mol. The summed E-state index contributed by atoms with van der Waals surface area (Å²) in [6.45, 7) is 4.90. The van der Waals surface area contributed by atoms with Crippen LogP contribution in [0.4, 0.5) is 0 Å². The van der Waals surface area contributed by atoms with Gasteiger partial charge in [0.2, 0.25) is 4.96 Å². The lowest BCUT2D eigenvalue weighted by atomic mass is 10.1. The number of hydrogen-bond acceptors (Lipinski definition) is 5. The summed E-state index contributed by atoms with van der Waals surface area (Å²) in [6.07, 6.45) is 7.50. The van der Waals surface area contributed by atoms with Crippen molar-refractivity contribution in [2.75, 3.05) is 13.1 Å². The molecule has 0 aromatic carbocycles. The third-order valence-corrected chi connectivity index (χ3v) is 5.50. The molecule has 5 nitrogen and oxygen atoms in total. The quantitative estimate of drug-likeness (QED) is 0.849. The molecule has 1 atom stereocenters. The molecule has 2 aliphatic rings. The fourth-order valence-corrected chi connectivity index (χ4v) is 3.92. The maximum Gasteiger partial charge on any atom is 0.234 e. The molecule has 1 saturated carbocycles. The van der Waals surface area contributed by atoms with Crippen molar-refractivity contribution in [3.8, 4) is 0 Å². The second-order valence-electron chi connectivity index (χ2n) is 6.15. The van der Waals surface area contributed by atoms with Crippen molar-refractivity contribution in [1.29, 1.82) is 0 Å². The summed E-state index contributed by atoms with van der Waals surface area (Å²) in [5.41, 5.74) is 0. The van der Waals surface area contributed by atoms with Crippen LogP contribution in [0.25, 0.3) is 4.96 Å². The van der Waals surface area contributed by atoms with Crippen LogP contribution >= 0.6 is 11.3 Å². The van der Waals surface area contributed by atoms with Crippen LogP contribution in [0.1, 0.15) is 55.8 Å². The minimum absolute atomic E-state index is 0.614. The van der Waals surface area contributed by atoms with Crippen LogP contribution in [0.5, 0.6) is 0 Å². The first-order chi connectivity index (χ1) is 9.81. The lowest BCUT2D eigenvalue weighted by molar-refractivity contribution is 0.247. The largest absolute Gasteiger partial charge is 0.301 e. The van der Waals surface area contributed by atoms with Gasteiger partial charge in [0.05, 0.1) is 0 Å². The molecule has 2 aromatic rings. The molecule has 0 amide bonds. The van der Waals surface area contributed by atoms with Gasteiger partial charge in [-0.25, -0.2) is 0 Å². The van der Waals surface area contributed by atoms with Crippen molar-refractivity contribution < 1.29 is 0 Å². The van der Waals surface area contributed by atoms with Crippen molar-refractivity contribution in [3.05, 3.63) is 10.8 Å². The zero-order valence-corrected chi connectivity index (χ0v) is 12.8. The van der Waals surface area contributed by atoms with Gasteiger partial charge in [0, 0.05) is 18.4 Å². The highest BCUT2D eigenvalue weighted by molar-refractivity contribution is 7.16. The molecule has 108 valence electrons. The van der Waals surface area contributed by atoms with Crippen molar-refractivity contribution in [1.82, 2.24) is 24.7 Å². The Kier molecular flexibility index (Phi) is 3.22. The maximum absolute atomic E-state index is 4.72. The SMILES string of the molecule is C[C@H](CCc1nn2c(C3CC3)nnc2s1)N1CCCC1. The smallest absolute Gasteiger partial charge is 0.234 e. The Bertz CT molecular complexity index is 594. The second kappa shape index (κ2) is 5.07. The Morgan fingerprint density at radius 3 is 2.80 bits per heavy atom. The number of aryl methyl sites for hydroxylation is 1. The van der Waals surface area contributed by atoms with Crippen LogP contribution < -0.4 is 0 Å². The number of hydrogen-bond donors (Lipinski definition) is 0. The Hall–Kier alpha value is -1.01. The molecule has 0 bridgehead atoms.